The molecule has 0 aromatic carbocycles. The predicted octanol–water partition coefficient (Wildman–Crippen LogP) is 0.961. The van der Waals surface area contributed by atoms with E-state index in [1.807, 2.05) is 0 Å². The first kappa shape index (κ1) is 24.8. The third-order valence-corrected chi connectivity index (χ3v) is 7.99. The second kappa shape index (κ2) is 9.37. The van der Waals surface area contributed by atoms with Crippen molar-refractivity contribution in [3.63, 3.8) is 0 Å². The van der Waals surface area contributed by atoms with E-state index in [1.165, 1.54) is 4.57 Å². The van der Waals surface area contributed by atoms with Crippen LogP contribution in [0.15, 0.2) is 12.3 Å². The van der Waals surface area contributed by atoms with Crippen LogP contribution < -0.4 is 5.32 Å². The van der Waals surface area contributed by atoms with E-state index in [9.17, 15) is 29.7 Å². The summed E-state index contributed by atoms with van der Waals surface area (Å²) in [5.41, 5.74) is 0.392. The maximum absolute atomic E-state index is 11.6. The summed E-state index contributed by atoms with van der Waals surface area (Å²) in [6, 6.07) is 2.04. The molecule has 5 atom stereocenters. The second-order valence-corrected chi connectivity index (χ2v) is 11.0. The molecule has 1 saturated carbocycles. The minimum absolute atomic E-state index is 0.0104. The number of fused-ring (bicyclic) bond motifs is 1. The van der Waals surface area contributed by atoms with Crippen molar-refractivity contribution < 1.29 is 39.1 Å². The van der Waals surface area contributed by atoms with Gasteiger partial charge in [0.15, 0.2) is 11.6 Å². The van der Waals surface area contributed by atoms with Crippen LogP contribution in [-0.4, -0.2) is 82.6 Å². The van der Waals surface area contributed by atoms with Gasteiger partial charge in [-0.15, -0.1) is 0 Å². The van der Waals surface area contributed by atoms with Gasteiger partial charge in [0.05, 0.1) is 18.6 Å². The molecule has 0 spiro atoms. The van der Waals surface area contributed by atoms with Crippen molar-refractivity contribution in [2.45, 2.75) is 68.5 Å². The lowest BCUT2D eigenvalue weighted by molar-refractivity contribution is -0.102. The van der Waals surface area contributed by atoms with Gasteiger partial charge in [0.1, 0.15) is 29.8 Å². The number of nitrogens with zero attached hydrogens (tertiary/aromatic N) is 3. The highest BCUT2D eigenvalue weighted by Gasteiger charge is 2.48. The van der Waals surface area contributed by atoms with Crippen molar-refractivity contribution in [1.82, 2.24) is 14.5 Å². The average molecular weight is 507 g/mol. The van der Waals surface area contributed by atoms with Crippen LogP contribution in [0.1, 0.15) is 38.8 Å². The molecular formula is C19H28ClN4O8P. The molecule has 1 aliphatic heterocycles. The van der Waals surface area contributed by atoms with Crippen LogP contribution in [0.2, 0.25) is 5.28 Å². The number of aliphatic hydroxyl groups is 3. The highest BCUT2D eigenvalue weighted by Crippen LogP contribution is 2.51. The molecule has 2 aromatic heterocycles. The van der Waals surface area contributed by atoms with Crippen molar-refractivity contribution in [1.29, 1.82) is 0 Å². The fourth-order valence-electron chi connectivity index (χ4n) is 4.17. The van der Waals surface area contributed by atoms with Gasteiger partial charge in [-0.05, 0) is 37.4 Å². The molecule has 33 heavy (non-hydrogen) atoms. The van der Waals surface area contributed by atoms with Crippen LogP contribution in [0.25, 0.3) is 11.0 Å². The first-order valence-corrected chi connectivity index (χ1v) is 12.7. The van der Waals surface area contributed by atoms with Crippen molar-refractivity contribution in [2.75, 3.05) is 18.5 Å². The van der Waals surface area contributed by atoms with Crippen molar-refractivity contribution in [3.8, 4) is 0 Å². The third kappa shape index (κ3) is 4.77. The molecule has 3 heterocycles. The summed E-state index contributed by atoms with van der Waals surface area (Å²) in [6.45, 7) is -0.360. The molecule has 0 amide bonds. The van der Waals surface area contributed by atoms with E-state index in [0.29, 0.717) is 16.9 Å². The van der Waals surface area contributed by atoms with Crippen molar-refractivity contribution in [3.05, 3.63) is 17.5 Å². The monoisotopic (exact) mass is 506 g/mol. The predicted molar refractivity (Wildman–Crippen MR) is 118 cm³/mol. The molecule has 12 nitrogen and oxygen atoms in total. The fourth-order valence-corrected chi connectivity index (χ4v) is 4.76. The first-order valence-electron chi connectivity index (χ1n) is 10.7. The van der Waals surface area contributed by atoms with Crippen LogP contribution in [0.3, 0.4) is 0 Å². The number of aromatic nitrogens is 3. The number of nitrogens with one attached hydrogen (secondary N) is 1. The van der Waals surface area contributed by atoms with Gasteiger partial charge >= 0.3 is 7.60 Å². The number of ether oxygens (including phenoxy) is 2. The molecule has 0 bridgehead atoms. The van der Waals surface area contributed by atoms with Gasteiger partial charge in [-0.25, -0.2) is 4.98 Å². The quantitative estimate of drug-likeness (QED) is 0.222. The van der Waals surface area contributed by atoms with Crippen molar-refractivity contribution >= 4 is 36.0 Å². The molecule has 1 unspecified atom stereocenters. The normalized spacial score (nSPS) is 28.5. The average Bonchev–Trinajstić information content (AvgIpc) is 3.47. The van der Waals surface area contributed by atoms with Gasteiger partial charge in [-0.2, -0.15) is 4.98 Å². The lowest BCUT2D eigenvalue weighted by Crippen LogP contribution is -2.39. The minimum Gasteiger partial charge on any atom is -0.393 e. The maximum Gasteiger partial charge on any atom is 0.359 e. The Balaban J connectivity index is 1.56. The van der Waals surface area contributed by atoms with E-state index in [4.69, 9.17) is 21.1 Å². The van der Waals surface area contributed by atoms with Gasteiger partial charge < -0.3 is 44.5 Å². The number of hydrogen-bond acceptors (Lipinski definition) is 9. The summed E-state index contributed by atoms with van der Waals surface area (Å²) in [5, 5.41) is 32.4. The van der Waals surface area contributed by atoms with Crippen LogP contribution in [0.5, 0.6) is 0 Å². The van der Waals surface area contributed by atoms with Gasteiger partial charge in [-0.1, -0.05) is 12.8 Å². The van der Waals surface area contributed by atoms with E-state index in [2.05, 4.69) is 15.3 Å². The summed E-state index contributed by atoms with van der Waals surface area (Å²) < 4.78 is 24.2. The van der Waals surface area contributed by atoms with Gasteiger partial charge in [0.2, 0.25) is 5.28 Å². The Bertz CT molecular complexity index is 1040. The van der Waals surface area contributed by atoms with E-state index in [0.717, 1.165) is 32.6 Å². The van der Waals surface area contributed by atoms with Crippen LogP contribution in [-0.2, 0) is 14.0 Å². The summed E-state index contributed by atoms with van der Waals surface area (Å²) in [5.74, 6) is 0.573. The zero-order valence-electron chi connectivity index (χ0n) is 17.9. The number of hydrogen-bond donors (Lipinski definition) is 6. The molecule has 2 fully saturated rings. The molecule has 2 aliphatic rings. The molecule has 1 aliphatic carbocycles. The Labute approximate surface area is 194 Å². The fraction of sp³-hybridized carbons (Fsp3) is 0.684. The number of aliphatic hydroxyl groups excluding tert-OH is 3. The number of anilines is 1. The van der Waals surface area contributed by atoms with Gasteiger partial charge in [0.25, 0.3) is 0 Å². The van der Waals surface area contributed by atoms with E-state index >= 15 is 0 Å². The topological polar surface area (TPSA) is 179 Å². The third-order valence-electron chi connectivity index (χ3n) is 6.32. The smallest absolute Gasteiger partial charge is 0.359 e. The first-order chi connectivity index (χ1) is 15.5. The zero-order valence-corrected chi connectivity index (χ0v) is 19.6. The van der Waals surface area contributed by atoms with Gasteiger partial charge in [0, 0.05) is 12.2 Å². The Hall–Kier alpha value is -1.34. The summed E-state index contributed by atoms with van der Waals surface area (Å²) >= 11 is 6.15. The van der Waals surface area contributed by atoms with Crippen LogP contribution >= 0.6 is 19.2 Å². The molecular weight excluding hydrogens is 479 g/mol. The second-order valence-electron chi connectivity index (χ2n) is 8.66. The highest BCUT2D eigenvalue weighted by molar-refractivity contribution is 7.53. The molecule has 4 rings (SSSR count). The lowest BCUT2D eigenvalue weighted by Gasteiger charge is -2.30. The largest absolute Gasteiger partial charge is 0.393 e. The van der Waals surface area contributed by atoms with Crippen LogP contribution in [0.4, 0.5) is 5.82 Å². The minimum atomic E-state index is -4.82. The zero-order chi connectivity index (χ0) is 24.0. The molecule has 14 heteroatoms. The lowest BCUT2D eigenvalue weighted by atomic mass is 10.1. The SMILES string of the molecule is CC(CO)(OC[C@H]1O[C@@H](n2ccc3c(NC4CCCC4)nc(Cl)nc32)[C@H](O)[C@@H]1O)P(=O)(O)O. The maximum atomic E-state index is 11.6. The Kier molecular flexibility index (Phi) is 7.03. The summed E-state index contributed by atoms with van der Waals surface area (Å²) in [6.07, 6.45) is 0.994. The Morgan fingerprint density at radius 2 is 2.00 bits per heavy atom. The van der Waals surface area contributed by atoms with Gasteiger partial charge in [-0.3, -0.25) is 4.57 Å². The number of rotatable bonds is 8. The molecule has 2 aromatic rings. The Morgan fingerprint density at radius 1 is 1.30 bits per heavy atom. The number of halogens is 1. The standard InChI is InChI=1S/C19H28ClN4O8P/c1-19(9-25,33(28,29)30)31-8-12-13(26)14(27)17(32-12)24-7-6-11-15(21-10-4-2-3-5-10)22-18(20)23-16(11)24/h6-7,10,12-14,17,25-27H,2-5,8-9H2,1H3,(H,21,22,23)(H2,28,29,30)/t12-,13-,14-,17-,19?/m1/s1. The van der Waals surface area contributed by atoms with Crippen LogP contribution in [0, 0.1) is 0 Å². The molecule has 0 radical (unpaired) electrons. The molecule has 1 saturated heterocycles. The van der Waals surface area contributed by atoms with E-state index in [-0.39, 0.29) is 11.3 Å². The van der Waals surface area contributed by atoms with Crippen molar-refractivity contribution in [2.24, 2.45) is 0 Å². The van der Waals surface area contributed by atoms with E-state index < -0.39 is 50.7 Å². The highest BCUT2D eigenvalue weighted by atomic mass is 35.5. The Morgan fingerprint density at radius 3 is 2.64 bits per heavy atom. The molecule has 184 valence electrons. The molecule has 6 N–H and O–H groups in total. The van der Waals surface area contributed by atoms with E-state index in [1.54, 1.807) is 12.3 Å². The summed E-state index contributed by atoms with van der Waals surface area (Å²) in [7, 11) is -4.82. The summed E-state index contributed by atoms with van der Waals surface area (Å²) in [4.78, 5) is 27.4.